The largest absolute Gasteiger partial charge is 0.472 e. The molecule has 0 heterocycles. The molecule has 576 valence electrons. The van der Waals surface area contributed by atoms with Crippen LogP contribution >= 0.6 is 15.6 Å². The number of ether oxygens (including phenoxy) is 4. The molecule has 17 nitrogen and oxygen atoms in total. The third-order valence-corrected chi connectivity index (χ3v) is 21.1. The molecule has 0 aromatic carbocycles. The molecule has 0 bridgehead atoms. The van der Waals surface area contributed by atoms with Crippen LogP contribution in [0.1, 0.15) is 396 Å². The Morgan fingerprint density at radius 1 is 0.289 bits per heavy atom. The van der Waals surface area contributed by atoms with Gasteiger partial charge >= 0.3 is 39.5 Å². The Morgan fingerprint density at radius 2 is 0.495 bits per heavy atom. The molecule has 0 aromatic rings. The van der Waals surface area contributed by atoms with Crippen molar-refractivity contribution < 1.29 is 80.2 Å². The lowest BCUT2D eigenvalue weighted by Crippen LogP contribution is -2.30. The van der Waals surface area contributed by atoms with E-state index < -0.39 is 97.5 Å². The average molecular weight is 1420 g/mol. The van der Waals surface area contributed by atoms with Crippen molar-refractivity contribution in [2.24, 2.45) is 23.7 Å². The van der Waals surface area contributed by atoms with E-state index in [2.05, 4.69) is 55.4 Å². The lowest BCUT2D eigenvalue weighted by Gasteiger charge is -2.21. The van der Waals surface area contributed by atoms with E-state index in [0.717, 1.165) is 120 Å². The van der Waals surface area contributed by atoms with Gasteiger partial charge in [-0.05, 0) is 49.4 Å². The smallest absolute Gasteiger partial charge is 0.462 e. The van der Waals surface area contributed by atoms with E-state index >= 15 is 0 Å². The van der Waals surface area contributed by atoms with Crippen molar-refractivity contribution in [1.29, 1.82) is 0 Å². The molecule has 5 unspecified atom stereocenters. The maximum atomic E-state index is 13.1. The first kappa shape index (κ1) is 95.1. The highest BCUT2D eigenvalue weighted by atomic mass is 31.2. The summed E-state index contributed by atoms with van der Waals surface area (Å²) >= 11 is 0. The predicted octanol–water partition coefficient (Wildman–Crippen LogP) is 22.8. The second kappa shape index (κ2) is 67.2. The molecule has 0 fully saturated rings. The van der Waals surface area contributed by atoms with Gasteiger partial charge in [-0.25, -0.2) is 9.13 Å². The molecule has 97 heavy (non-hydrogen) atoms. The second-order valence-electron chi connectivity index (χ2n) is 29.3. The third kappa shape index (κ3) is 68.3. The van der Waals surface area contributed by atoms with Gasteiger partial charge in [0.15, 0.2) is 12.2 Å². The molecule has 19 heteroatoms. The topological polar surface area (TPSA) is 237 Å². The van der Waals surface area contributed by atoms with Crippen molar-refractivity contribution >= 4 is 39.5 Å². The summed E-state index contributed by atoms with van der Waals surface area (Å²) in [5.74, 6) is 1.01. The number of hydrogen-bond donors (Lipinski definition) is 3. The molecular weight excluding hydrogens is 1270 g/mol. The minimum absolute atomic E-state index is 0.103. The van der Waals surface area contributed by atoms with Crippen LogP contribution in [0.3, 0.4) is 0 Å². The average Bonchev–Trinajstić information content (AvgIpc) is 0.991. The van der Waals surface area contributed by atoms with E-state index in [1.807, 2.05) is 0 Å². The van der Waals surface area contributed by atoms with Crippen LogP contribution in [0.5, 0.6) is 0 Å². The predicted molar refractivity (Wildman–Crippen MR) is 395 cm³/mol. The van der Waals surface area contributed by atoms with Crippen molar-refractivity contribution in [3.63, 3.8) is 0 Å². The molecule has 0 rings (SSSR count). The normalized spacial score (nSPS) is 14.9. The molecule has 0 aliphatic heterocycles. The van der Waals surface area contributed by atoms with Crippen LogP contribution in [0.2, 0.25) is 0 Å². The van der Waals surface area contributed by atoms with Crippen LogP contribution in [0, 0.1) is 23.7 Å². The highest BCUT2D eigenvalue weighted by Crippen LogP contribution is 2.45. The molecule has 0 aliphatic carbocycles. The number of aliphatic hydroxyl groups is 1. The third-order valence-electron chi connectivity index (χ3n) is 19.2. The summed E-state index contributed by atoms with van der Waals surface area (Å²) in [5, 5.41) is 10.6. The Balaban J connectivity index is 5.21. The van der Waals surface area contributed by atoms with Crippen molar-refractivity contribution in [3.8, 4) is 0 Å². The Kier molecular flexibility index (Phi) is 65.9. The molecule has 0 radical (unpaired) electrons. The fourth-order valence-electron chi connectivity index (χ4n) is 11.8. The maximum absolute atomic E-state index is 13.1. The molecule has 0 amide bonds. The Morgan fingerprint density at radius 3 is 0.732 bits per heavy atom. The van der Waals surface area contributed by atoms with Gasteiger partial charge in [0.2, 0.25) is 0 Å². The van der Waals surface area contributed by atoms with Gasteiger partial charge in [-0.3, -0.25) is 37.3 Å². The Hall–Kier alpha value is -1.94. The molecule has 0 aromatic heterocycles. The van der Waals surface area contributed by atoms with Gasteiger partial charge in [-0.1, -0.05) is 344 Å². The van der Waals surface area contributed by atoms with E-state index in [-0.39, 0.29) is 25.7 Å². The van der Waals surface area contributed by atoms with Gasteiger partial charge in [0.1, 0.15) is 19.3 Å². The molecule has 0 saturated carbocycles. The first-order chi connectivity index (χ1) is 46.7. The number of phosphoric acid groups is 2. The number of phosphoric ester groups is 2. The van der Waals surface area contributed by atoms with Gasteiger partial charge in [0.05, 0.1) is 26.4 Å². The fraction of sp³-hybridized carbons (Fsp3) is 0.949. The standard InChI is InChI=1S/C78H152O17P2/c1-9-69(6)55-47-39-31-24-20-18-16-14-12-13-15-17-19-21-27-34-44-52-60-77(82)94-73(64-88-75(80)58-50-42-33-26-23-22-25-32-40-48-56-70(7)10-2)66-92-96(84,85)90-62-72(79)63-91-97(86,87)93-67-74(65-89-76(81)59-51-43-37-36-41-49-57-71(8)11-3)95-78(83)61-53-45-35-29-28-30-38-46-54-68(4)5/h68-74,79H,9-67H2,1-8H3,(H,84,85)(H,86,87)/t69?,70?,71?,72-,73-,74-/m1/s1. The SMILES string of the molecule is CCC(C)CCCCCCCCCCCCCCCCCCCCC(=O)O[C@H](COC(=O)CCCCCCCCCCCCC(C)CC)COP(=O)(O)OC[C@@H](O)COP(=O)(O)OC[C@@H](COC(=O)CCCCCCCCC(C)CC)OC(=O)CCCCCCCCCCC(C)C. The molecule has 0 spiro atoms. The quantitative estimate of drug-likeness (QED) is 0.0222. The monoisotopic (exact) mass is 1420 g/mol. The molecule has 0 aliphatic rings. The van der Waals surface area contributed by atoms with Crippen molar-refractivity contribution in [2.45, 2.75) is 414 Å². The van der Waals surface area contributed by atoms with E-state index in [4.69, 9.17) is 37.0 Å². The first-order valence-electron chi connectivity index (χ1n) is 40.3. The van der Waals surface area contributed by atoms with Crippen LogP contribution in [0.4, 0.5) is 0 Å². The van der Waals surface area contributed by atoms with Gasteiger partial charge in [-0.2, -0.15) is 0 Å². The number of carbonyl (C=O) groups is 4. The number of hydrogen-bond acceptors (Lipinski definition) is 15. The minimum atomic E-state index is -4.96. The lowest BCUT2D eigenvalue weighted by atomic mass is 9.99. The molecular formula is C78H152O17P2. The lowest BCUT2D eigenvalue weighted by molar-refractivity contribution is -0.161. The van der Waals surface area contributed by atoms with Crippen LogP contribution in [0.25, 0.3) is 0 Å². The zero-order valence-corrected chi connectivity index (χ0v) is 65.5. The summed E-state index contributed by atoms with van der Waals surface area (Å²) < 4.78 is 68.5. The molecule has 8 atom stereocenters. The minimum Gasteiger partial charge on any atom is -0.462 e. The number of esters is 4. The van der Waals surface area contributed by atoms with Crippen LogP contribution < -0.4 is 0 Å². The highest BCUT2D eigenvalue weighted by molar-refractivity contribution is 7.47. The summed E-state index contributed by atoms with van der Waals surface area (Å²) in [6, 6.07) is 0. The summed E-state index contributed by atoms with van der Waals surface area (Å²) in [6.45, 7) is 14.2. The van der Waals surface area contributed by atoms with Crippen LogP contribution in [-0.2, 0) is 65.4 Å². The first-order valence-corrected chi connectivity index (χ1v) is 43.3. The van der Waals surface area contributed by atoms with Gasteiger partial charge in [0.25, 0.3) is 0 Å². The molecule has 3 N–H and O–H groups in total. The number of carbonyl (C=O) groups excluding carboxylic acids is 4. The van der Waals surface area contributed by atoms with Crippen LogP contribution in [-0.4, -0.2) is 96.7 Å². The van der Waals surface area contributed by atoms with E-state index in [1.54, 1.807) is 0 Å². The van der Waals surface area contributed by atoms with E-state index in [9.17, 15) is 43.2 Å². The van der Waals surface area contributed by atoms with E-state index in [1.165, 1.54) is 193 Å². The summed E-state index contributed by atoms with van der Waals surface area (Å²) in [5.41, 5.74) is 0. The zero-order chi connectivity index (χ0) is 71.7. The molecule has 0 saturated heterocycles. The number of rotatable bonds is 75. The number of aliphatic hydroxyl groups excluding tert-OH is 1. The van der Waals surface area contributed by atoms with Crippen molar-refractivity contribution in [2.75, 3.05) is 39.6 Å². The maximum Gasteiger partial charge on any atom is 0.472 e. The van der Waals surface area contributed by atoms with Gasteiger partial charge in [-0.15, -0.1) is 0 Å². The number of unbranched alkanes of at least 4 members (excludes halogenated alkanes) is 38. The summed E-state index contributed by atoms with van der Waals surface area (Å²) in [7, 11) is -9.91. The van der Waals surface area contributed by atoms with Crippen LogP contribution in [0.15, 0.2) is 0 Å². The summed E-state index contributed by atoms with van der Waals surface area (Å²) in [4.78, 5) is 72.8. The Bertz CT molecular complexity index is 1910. The second-order valence-corrected chi connectivity index (χ2v) is 32.2. The summed E-state index contributed by atoms with van der Waals surface area (Å²) in [6.07, 6.45) is 52.8. The Labute approximate surface area is 594 Å². The van der Waals surface area contributed by atoms with Gasteiger partial charge < -0.3 is 33.8 Å². The van der Waals surface area contributed by atoms with Gasteiger partial charge in [0, 0.05) is 25.7 Å². The fourth-order valence-corrected chi connectivity index (χ4v) is 13.4. The zero-order valence-electron chi connectivity index (χ0n) is 63.7. The van der Waals surface area contributed by atoms with Crippen molar-refractivity contribution in [1.82, 2.24) is 0 Å². The van der Waals surface area contributed by atoms with E-state index in [0.29, 0.717) is 25.7 Å². The van der Waals surface area contributed by atoms with Crippen molar-refractivity contribution in [3.05, 3.63) is 0 Å². The highest BCUT2D eigenvalue weighted by Gasteiger charge is 2.30.